The number of pyridine rings is 1. The van der Waals surface area contributed by atoms with Gasteiger partial charge < -0.3 is 20.1 Å². The molecule has 2 aromatic carbocycles. The van der Waals surface area contributed by atoms with Crippen molar-refractivity contribution in [3.05, 3.63) is 71.5 Å². The first-order valence-electron chi connectivity index (χ1n) is 11.8. The zero-order valence-corrected chi connectivity index (χ0v) is 20.5. The number of nitrogens with zero attached hydrogens (tertiary/aromatic N) is 3. The zero-order chi connectivity index (χ0) is 25.4. The molecule has 1 aliphatic rings. The average Bonchev–Trinajstić information content (AvgIpc) is 3.50. The number of nitrogens with one attached hydrogen (secondary N) is 2. The van der Waals surface area contributed by atoms with Crippen LogP contribution in [0.4, 0.5) is 11.4 Å². The van der Waals surface area contributed by atoms with E-state index in [2.05, 4.69) is 15.7 Å². The minimum absolute atomic E-state index is 0.0916. The van der Waals surface area contributed by atoms with E-state index in [0.717, 1.165) is 5.69 Å². The Morgan fingerprint density at radius 3 is 2.44 bits per heavy atom. The quantitative estimate of drug-likeness (QED) is 0.380. The highest BCUT2D eigenvalue weighted by atomic mass is 16.7. The predicted molar refractivity (Wildman–Crippen MR) is 137 cm³/mol. The number of hydrogen-bond donors (Lipinski definition) is 2. The molecule has 1 aliphatic heterocycles. The van der Waals surface area contributed by atoms with Crippen LogP contribution in [0.5, 0.6) is 11.5 Å². The van der Waals surface area contributed by atoms with Crippen molar-refractivity contribution in [1.29, 1.82) is 0 Å². The summed E-state index contributed by atoms with van der Waals surface area (Å²) in [6.45, 7) is 8.25. The van der Waals surface area contributed by atoms with Gasteiger partial charge in [-0.2, -0.15) is 5.10 Å². The van der Waals surface area contributed by atoms with Crippen molar-refractivity contribution in [2.24, 2.45) is 0 Å². The van der Waals surface area contributed by atoms with Crippen LogP contribution in [0.15, 0.2) is 54.7 Å². The monoisotopic (exact) mass is 485 g/mol. The second kappa shape index (κ2) is 9.33. The molecule has 0 radical (unpaired) electrons. The lowest BCUT2D eigenvalue weighted by Crippen LogP contribution is -2.19. The molecule has 36 heavy (non-hydrogen) atoms. The second-order valence-corrected chi connectivity index (χ2v) is 9.19. The summed E-state index contributed by atoms with van der Waals surface area (Å²) >= 11 is 0. The first-order chi connectivity index (χ1) is 17.3. The first kappa shape index (κ1) is 23.3. The van der Waals surface area contributed by atoms with Crippen LogP contribution in [0.25, 0.3) is 11.0 Å². The normalized spacial score (nSPS) is 12.4. The number of aromatic nitrogens is 3. The van der Waals surface area contributed by atoms with Crippen LogP contribution >= 0.6 is 0 Å². The van der Waals surface area contributed by atoms with E-state index in [1.165, 1.54) is 0 Å². The smallest absolute Gasteiger partial charge is 0.257 e. The lowest BCUT2D eigenvalue weighted by Gasteiger charge is -2.14. The Bertz CT molecular complexity index is 1470. The number of fused-ring (bicyclic) bond motifs is 2. The number of anilines is 2. The van der Waals surface area contributed by atoms with Gasteiger partial charge in [0.1, 0.15) is 0 Å². The first-order valence-corrected chi connectivity index (χ1v) is 11.8. The third-order valence-electron chi connectivity index (χ3n) is 5.96. The molecule has 0 atom stereocenters. The summed E-state index contributed by atoms with van der Waals surface area (Å²) in [4.78, 5) is 31.4. The van der Waals surface area contributed by atoms with Crippen LogP contribution in [0.1, 0.15) is 66.1 Å². The summed E-state index contributed by atoms with van der Waals surface area (Å²) in [5.41, 5.74) is 3.20. The number of amides is 2. The van der Waals surface area contributed by atoms with E-state index in [-0.39, 0.29) is 30.6 Å². The zero-order valence-electron chi connectivity index (χ0n) is 20.5. The van der Waals surface area contributed by atoms with Gasteiger partial charge in [0.2, 0.25) is 6.79 Å². The number of ether oxygens (including phenoxy) is 2. The minimum Gasteiger partial charge on any atom is -0.454 e. The third kappa shape index (κ3) is 4.35. The van der Waals surface area contributed by atoms with Crippen molar-refractivity contribution in [1.82, 2.24) is 14.8 Å². The van der Waals surface area contributed by atoms with Gasteiger partial charge in [-0.05, 0) is 50.1 Å². The van der Waals surface area contributed by atoms with Gasteiger partial charge >= 0.3 is 0 Å². The Kier molecular flexibility index (Phi) is 6.05. The van der Waals surface area contributed by atoms with E-state index in [1.807, 2.05) is 32.4 Å². The van der Waals surface area contributed by atoms with Crippen molar-refractivity contribution in [2.75, 3.05) is 17.4 Å². The lowest BCUT2D eigenvalue weighted by molar-refractivity contribution is 0.102. The summed E-state index contributed by atoms with van der Waals surface area (Å²) in [5.74, 6) is 0.622. The number of rotatable bonds is 6. The molecule has 2 amide bonds. The van der Waals surface area contributed by atoms with E-state index >= 15 is 0 Å². The Morgan fingerprint density at radius 2 is 1.67 bits per heavy atom. The fourth-order valence-corrected chi connectivity index (χ4v) is 4.05. The van der Waals surface area contributed by atoms with Crippen molar-refractivity contribution < 1.29 is 19.1 Å². The molecule has 4 aromatic rings. The van der Waals surface area contributed by atoms with E-state index in [1.54, 1.807) is 54.7 Å². The van der Waals surface area contributed by atoms with Crippen molar-refractivity contribution in [2.45, 2.75) is 39.7 Å². The highest BCUT2D eigenvalue weighted by molar-refractivity contribution is 6.15. The van der Waals surface area contributed by atoms with E-state index in [0.29, 0.717) is 45.0 Å². The van der Waals surface area contributed by atoms with E-state index < -0.39 is 0 Å². The number of carbonyl (C=O) groups is 2. The van der Waals surface area contributed by atoms with Gasteiger partial charge in [0.15, 0.2) is 17.1 Å². The van der Waals surface area contributed by atoms with Crippen LogP contribution in [0, 0.1) is 0 Å². The molecule has 0 saturated heterocycles. The average molecular weight is 486 g/mol. The molecule has 9 nitrogen and oxygen atoms in total. The number of benzene rings is 2. The van der Waals surface area contributed by atoms with Gasteiger partial charge in [-0.3, -0.25) is 9.59 Å². The molecule has 0 unspecified atom stereocenters. The molecule has 184 valence electrons. The Labute approximate surface area is 208 Å². The van der Waals surface area contributed by atoms with Gasteiger partial charge in [-0.15, -0.1) is 0 Å². The lowest BCUT2D eigenvalue weighted by atomic mass is 10.0. The van der Waals surface area contributed by atoms with Crippen LogP contribution in [0.3, 0.4) is 0 Å². The standard InChI is InChI=1S/C27H27N5O4/c1-15(2)22-12-19(20-13-28-32(16(3)4)25(20)30-22)27(34)31-21-8-6-5-7-18(21)26(33)29-17-9-10-23-24(11-17)36-14-35-23/h5-13,15-16H,14H2,1-4H3,(H,29,33)(H,31,34). The molecule has 2 N–H and O–H groups in total. The predicted octanol–water partition coefficient (Wildman–Crippen LogP) is 5.37. The Morgan fingerprint density at radius 1 is 0.917 bits per heavy atom. The largest absolute Gasteiger partial charge is 0.454 e. The molecule has 0 saturated carbocycles. The Balaban J connectivity index is 1.45. The van der Waals surface area contributed by atoms with Gasteiger partial charge in [0.25, 0.3) is 11.8 Å². The topological polar surface area (TPSA) is 107 Å². The highest BCUT2D eigenvalue weighted by Gasteiger charge is 2.21. The SMILES string of the molecule is CC(C)c1cc(C(=O)Nc2ccccc2C(=O)Nc2ccc3c(c2)OCO3)c2cnn(C(C)C)c2n1. The molecular weight excluding hydrogens is 458 g/mol. The van der Waals surface area contributed by atoms with Gasteiger partial charge in [-0.1, -0.05) is 26.0 Å². The maximum absolute atomic E-state index is 13.5. The second-order valence-electron chi connectivity index (χ2n) is 9.19. The number of carbonyl (C=O) groups excluding carboxylic acids is 2. The maximum atomic E-state index is 13.5. The van der Waals surface area contributed by atoms with E-state index in [9.17, 15) is 9.59 Å². The third-order valence-corrected chi connectivity index (χ3v) is 5.96. The molecule has 3 heterocycles. The molecule has 2 aromatic heterocycles. The summed E-state index contributed by atoms with van der Waals surface area (Å²) in [6.07, 6.45) is 1.67. The fourth-order valence-electron chi connectivity index (χ4n) is 4.05. The highest BCUT2D eigenvalue weighted by Crippen LogP contribution is 2.34. The maximum Gasteiger partial charge on any atom is 0.257 e. The molecule has 9 heteroatoms. The fraction of sp³-hybridized carbons (Fsp3) is 0.259. The Hall–Kier alpha value is -4.40. The summed E-state index contributed by atoms with van der Waals surface area (Å²) in [6, 6.07) is 13.9. The van der Waals surface area contributed by atoms with Crippen LogP contribution < -0.4 is 20.1 Å². The molecular formula is C27H27N5O4. The minimum atomic E-state index is -0.361. The van der Waals surface area contributed by atoms with Crippen molar-refractivity contribution in [3.8, 4) is 11.5 Å². The molecule has 0 aliphatic carbocycles. The molecule has 0 spiro atoms. The summed E-state index contributed by atoms with van der Waals surface area (Å²) in [5, 5.41) is 10.9. The molecule has 0 fully saturated rings. The van der Waals surface area contributed by atoms with Gasteiger partial charge in [-0.25, -0.2) is 9.67 Å². The van der Waals surface area contributed by atoms with Crippen molar-refractivity contribution >= 4 is 34.2 Å². The van der Waals surface area contributed by atoms with Gasteiger partial charge in [0.05, 0.1) is 28.4 Å². The number of hydrogen-bond acceptors (Lipinski definition) is 6. The van der Waals surface area contributed by atoms with Crippen molar-refractivity contribution in [3.63, 3.8) is 0 Å². The van der Waals surface area contributed by atoms with Gasteiger partial charge in [0, 0.05) is 23.5 Å². The van der Waals surface area contributed by atoms with Crippen LogP contribution in [0.2, 0.25) is 0 Å². The summed E-state index contributed by atoms with van der Waals surface area (Å²) in [7, 11) is 0. The molecule has 5 rings (SSSR count). The summed E-state index contributed by atoms with van der Waals surface area (Å²) < 4.78 is 12.5. The van der Waals surface area contributed by atoms with Crippen LogP contribution in [-0.4, -0.2) is 33.4 Å². The number of para-hydroxylation sites is 1. The molecule has 0 bridgehead atoms. The van der Waals surface area contributed by atoms with E-state index in [4.69, 9.17) is 14.5 Å². The van der Waals surface area contributed by atoms with Crippen LogP contribution in [-0.2, 0) is 0 Å².